The zero-order chi connectivity index (χ0) is 13.2. The lowest BCUT2D eigenvalue weighted by molar-refractivity contribution is 0.0661. The quantitative estimate of drug-likeness (QED) is 0.685. The number of carbonyl (C=O) groups is 1. The maximum absolute atomic E-state index is 11.7. The van der Waals surface area contributed by atoms with Crippen molar-refractivity contribution in [3.05, 3.63) is 17.6 Å². The van der Waals surface area contributed by atoms with Crippen molar-refractivity contribution in [2.75, 3.05) is 6.54 Å². The topological polar surface area (TPSA) is 117 Å². The summed E-state index contributed by atoms with van der Waals surface area (Å²) in [6.07, 6.45) is -0.837. The van der Waals surface area contributed by atoms with Gasteiger partial charge in [-0.3, -0.25) is 0 Å². The van der Waals surface area contributed by atoms with Crippen LogP contribution in [0.1, 0.15) is 23.2 Å². The minimum Gasteiger partial charge on any atom is -0.475 e. The minimum absolute atomic E-state index is 0.0134. The van der Waals surface area contributed by atoms with Gasteiger partial charge in [-0.15, -0.1) is 0 Å². The number of aliphatic hydroxyl groups excluding tert-OH is 1. The molecule has 7 nitrogen and oxygen atoms in total. The van der Waals surface area contributed by atoms with E-state index in [2.05, 4.69) is 4.72 Å². The Labute approximate surface area is 98.1 Å². The molecule has 0 unspecified atom stereocenters. The zero-order valence-corrected chi connectivity index (χ0v) is 10.1. The summed E-state index contributed by atoms with van der Waals surface area (Å²) in [4.78, 5) is 10.4. The highest BCUT2D eigenvalue weighted by Gasteiger charge is 2.23. The van der Waals surface area contributed by atoms with Crippen molar-refractivity contribution in [3.8, 4) is 0 Å². The maximum Gasteiger partial charge on any atom is 0.371 e. The number of aryl methyl sites for hydroxylation is 1. The van der Waals surface area contributed by atoms with E-state index in [0.717, 1.165) is 6.07 Å². The summed E-state index contributed by atoms with van der Waals surface area (Å²) in [5.74, 6) is -1.80. The van der Waals surface area contributed by atoms with Crippen LogP contribution in [-0.4, -0.2) is 37.2 Å². The Morgan fingerprint density at radius 2 is 2.18 bits per heavy atom. The van der Waals surface area contributed by atoms with Crippen LogP contribution in [0.25, 0.3) is 0 Å². The fourth-order valence-electron chi connectivity index (χ4n) is 1.15. The number of aromatic carboxylic acids is 1. The molecule has 0 amide bonds. The first-order valence-electron chi connectivity index (χ1n) is 4.75. The van der Waals surface area contributed by atoms with E-state index < -0.39 is 27.9 Å². The smallest absolute Gasteiger partial charge is 0.371 e. The van der Waals surface area contributed by atoms with Crippen molar-refractivity contribution in [2.45, 2.75) is 24.8 Å². The molecule has 0 aliphatic rings. The van der Waals surface area contributed by atoms with Gasteiger partial charge < -0.3 is 14.6 Å². The van der Waals surface area contributed by atoms with E-state index in [-0.39, 0.29) is 17.2 Å². The molecule has 0 aliphatic heterocycles. The van der Waals surface area contributed by atoms with E-state index in [9.17, 15) is 13.2 Å². The van der Waals surface area contributed by atoms with Crippen molar-refractivity contribution in [2.24, 2.45) is 0 Å². The molecule has 0 aliphatic carbocycles. The predicted molar refractivity (Wildman–Crippen MR) is 57.3 cm³/mol. The molecule has 0 saturated carbocycles. The van der Waals surface area contributed by atoms with Crippen LogP contribution < -0.4 is 4.72 Å². The van der Waals surface area contributed by atoms with Crippen LogP contribution >= 0.6 is 0 Å². The summed E-state index contributed by atoms with van der Waals surface area (Å²) in [6, 6.07) is 0.933. The second-order valence-corrected chi connectivity index (χ2v) is 5.27. The SMILES string of the molecule is Cc1oc(C(=O)O)cc1S(=O)(=O)NC[C@@H](C)O. The number of furan rings is 1. The number of aliphatic hydroxyl groups is 1. The van der Waals surface area contributed by atoms with Crippen LogP contribution in [0.15, 0.2) is 15.4 Å². The molecule has 8 heteroatoms. The van der Waals surface area contributed by atoms with Crippen molar-refractivity contribution in [3.63, 3.8) is 0 Å². The summed E-state index contributed by atoms with van der Waals surface area (Å²) >= 11 is 0. The molecule has 96 valence electrons. The van der Waals surface area contributed by atoms with Crippen LogP contribution in [0.2, 0.25) is 0 Å². The van der Waals surface area contributed by atoms with Crippen LogP contribution in [0.5, 0.6) is 0 Å². The molecular formula is C9H13NO6S. The highest BCUT2D eigenvalue weighted by atomic mass is 32.2. The summed E-state index contributed by atoms with van der Waals surface area (Å²) < 4.78 is 30.4. The van der Waals surface area contributed by atoms with Crippen molar-refractivity contribution in [1.82, 2.24) is 4.72 Å². The Balaban J connectivity index is 3.03. The third kappa shape index (κ3) is 3.29. The first-order valence-corrected chi connectivity index (χ1v) is 6.24. The van der Waals surface area contributed by atoms with E-state index in [4.69, 9.17) is 14.6 Å². The van der Waals surface area contributed by atoms with Gasteiger partial charge in [-0.25, -0.2) is 17.9 Å². The largest absolute Gasteiger partial charge is 0.475 e. The molecule has 0 aromatic carbocycles. The highest BCUT2D eigenvalue weighted by Crippen LogP contribution is 2.19. The normalized spacial score (nSPS) is 13.6. The lowest BCUT2D eigenvalue weighted by Gasteiger charge is -2.06. The van der Waals surface area contributed by atoms with Gasteiger partial charge in [0.05, 0.1) is 6.10 Å². The van der Waals surface area contributed by atoms with Gasteiger partial charge in [0.25, 0.3) is 0 Å². The number of hydrogen-bond acceptors (Lipinski definition) is 5. The summed E-state index contributed by atoms with van der Waals surface area (Å²) in [6.45, 7) is 2.62. The molecule has 1 aromatic heterocycles. The van der Waals surface area contributed by atoms with Crippen LogP contribution in [0.3, 0.4) is 0 Å². The lowest BCUT2D eigenvalue weighted by atomic mass is 10.4. The third-order valence-electron chi connectivity index (χ3n) is 1.94. The fourth-order valence-corrected chi connectivity index (χ4v) is 2.44. The summed E-state index contributed by atoms with van der Waals surface area (Å²) in [7, 11) is -3.87. The van der Waals surface area contributed by atoms with Gasteiger partial charge in [0.15, 0.2) is 0 Å². The van der Waals surface area contributed by atoms with Gasteiger partial charge >= 0.3 is 5.97 Å². The minimum atomic E-state index is -3.87. The van der Waals surface area contributed by atoms with E-state index >= 15 is 0 Å². The molecular weight excluding hydrogens is 250 g/mol. The first-order chi connectivity index (χ1) is 7.74. The molecule has 0 spiro atoms. The molecule has 17 heavy (non-hydrogen) atoms. The number of carboxylic acids is 1. The van der Waals surface area contributed by atoms with E-state index in [0.29, 0.717) is 0 Å². The molecule has 0 bridgehead atoms. The third-order valence-corrected chi connectivity index (χ3v) is 3.47. The molecule has 0 radical (unpaired) electrons. The Bertz CT molecular complexity index is 516. The number of sulfonamides is 1. The number of rotatable bonds is 5. The van der Waals surface area contributed by atoms with Crippen LogP contribution in [-0.2, 0) is 10.0 Å². The second kappa shape index (κ2) is 4.86. The van der Waals surface area contributed by atoms with Crippen LogP contribution in [0.4, 0.5) is 0 Å². The Morgan fingerprint density at radius 1 is 1.59 bits per heavy atom. The molecule has 1 aromatic rings. The number of carboxylic acid groups (broad SMARTS) is 1. The second-order valence-electron chi connectivity index (χ2n) is 3.54. The maximum atomic E-state index is 11.7. The van der Waals surface area contributed by atoms with E-state index in [1.165, 1.54) is 13.8 Å². The fraction of sp³-hybridized carbons (Fsp3) is 0.444. The monoisotopic (exact) mass is 263 g/mol. The number of hydrogen-bond donors (Lipinski definition) is 3. The van der Waals surface area contributed by atoms with Crippen molar-refractivity contribution >= 4 is 16.0 Å². The van der Waals surface area contributed by atoms with E-state index in [1.807, 2.05) is 0 Å². The van der Waals surface area contributed by atoms with Gasteiger partial charge in [0.1, 0.15) is 10.7 Å². The zero-order valence-electron chi connectivity index (χ0n) is 9.30. The predicted octanol–water partition coefficient (Wildman–Crippen LogP) is -0.0547. The van der Waals surface area contributed by atoms with E-state index in [1.54, 1.807) is 0 Å². The standard InChI is InChI=1S/C9H13NO6S/c1-5(11)4-10-17(14,15)8-3-7(9(12)13)16-6(8)2/h3,5,10-11H,4H2,1-2H3,(H,12,13)/t5-/m1/s1. The Kier molecular flexibility index (Phi) is 3.91. The summed E-state index contributed by atoms with van der Waals surface area (Å²) in [5.41, 5.74) is 0. The molecule has 1 heterocycles. The van der Waals surface area contributed by atoms with Crippen molar-refractivity contribution < 1.29 is 27.8 Å². The highest BCUT2D eigenvalue weighted by molar-refractivity contribution is 7.89. The molecule has 0 saturated heterocycles. The van der Waals surface area contributed by atoms with Gasteiger partial charge in [-0.05, 0) is 13.8 Å². The van der Waals surface area contributed by atoms with Gasteiger partial charge in [0.2, 0.25) is 15.8 Å². The Morgan fingerprint density at radius 3 is 2.59 bits per heavy atom. The molecule has 1 rings (SSSR count). The van der Waals surface area contributed by atoms with Gasteiger partial charge in [0, 0.05) is 12.6 Å². The Hall–Kier alpha value is -1.38. The molecule has 1 atom stereocenters. The van der Waals surface area contributed by atoms with Gasteiger partial charge in [-0.1, -0.05) is 0 Å². The van der Waals surface area contributed by atoms with Crippen molar-refractivity contribution in [1.29, 1.82) is 0 Å². The average molecular weight is 263 g/mol. The van der Waals surface area contributed by atoms with Crippen LogP contribution in [0, 0.1) is 6.92 Å². The first kappa shape index (κ1) is 13.7. The average Bonchev–Trinajstić information content (AvgIpc) is 2.58. The summed E-state index contributed by atoms with van der Waals surface area (Å²) in [5, 5.41) is 17.6. The molecule has 0 fully saturated rings. The molecule has 3 N–H and O–H groups in total. The lowest BCUT2D eigenvalue weighted by Crippen LogP contribution is -2.30. The van der Waals surface area contributed by atoms with Gasteiger partial charge in [-0.2, -0.15) is 0 Å². The number of nitrogens with one attached hydrogen (secondary N) is 1.